The number of hydrogen-bond acceptors (Lipinski definition) is 5. The van der Waals surface area contributed by atoms with E-state index in [1.807, 2.05) is 18.2 Å². The lowest BCUT2D eigenvalue weighted by molar-refractivity contribution is -0.384. The van der Waals surface area contributed by atoms with Crippen LogP contribution in [0.2, 0.25) is 0 Å². The lowest BCUT2D eigenvalue weighted by Gasteiger charge is -2.29. The predicted octanol–water partition coefficient (Wildman–Crippen LogP) is 4.23. The molecule has 1 aliphatic rings. The molecule has 7 nitrogen and oxygen atoms in total. The molecule has 158 valence electrons. The van der Waals surface area contributed by atoms with Crippen LogP contribution in [0.1, 0.15) is 11.1 Å². The van der Waals surface area contributed by atoms with Gasteiger partial charge in [-0.15, -0.1) is 0 Å². The van der Waals surface area contributed by atoms with Gasteiger partial charge in [0.25, 0.3) is 11.6 Å². The number of nitrogens with zero attached hydrogens (tertiary/aromatic N) is 2. The highest BCUT2D eigenvalue weighted by Gasteiger charge is 2.21. The normalized spacial score (nSPS) is 12.7. The summed E-state index contributed by atoms with van der Waals surface area (Å²) in [6.07, 6.45) is 0.816. The van der Waals surface area contributed by atoms with Gasteiger partial charge in [0, 0.05) is 30.8 Å². The highest BCUT2D eigenvalue weighted by molar-refractivity contribution is 5.79. The summed E-state index contributed by atoms with van der Waals surface area (Å²) in [6.45, 7) is 1.07. The van der Waals surface area contributed by atoms with Crippen molar-refractivity contribution in [1.82, 2.24) is 4.90 Å². The zero-order chi connectivity index (χ0) is 21.8. The Morgan fingerprint density at radius 2 is 1.81 bits per heavy atom. The number of rotatable bonds is 6. The number of non-ortho nitro benzene ring substituents is 1. The van der Waals surface area contributed by atoms with Crippen molar-refractivity contribution in [3.8, 4) is 22.6 Å². The second-order valence-electron chi connectivity index (χ2n) is 7.29. The predicted molar refractivity (Wildman–Crippen MR) is 116 cm³/mol. The molecule has 0 bridgehead atoms. The van der Waals surface area contributed by atoms with Crippen LogP contribution in [0.15, 0.2) is 66.7 Å². The summed E-state index contributed by atoms with van der Waals surface area (Å²) in [5.41, 5.74) is 3.66. The second kappa shape index (κ2) is 8.87. The van der Waals surface area contributed by atoms with E-state index in [-0.39, 0.29) is 18.2 Å². The van der Waals surface area contributed by atoms with Crippen LogP contribution in [0.25, 0.3) is 11.1 Å². The number of nitro groups is 1. The molecule has 1 heterocycles. The molecule has 3 aromatic rings. The first-order valence-corrected chi connectivity index (χ1v) is 9.95. The number of hydrogen-bond donors (Lipinski definition) is 0. The van der Waals surface area contributed by atoms with Crippen molar-refractivity contribution >= 4 is 11.6 Å². The van der Waals surface area contributed by atoms with Gasteiger partial charge in [0.2, 0.25) is 0 Å². The van der Waals surface area contributed by atoms with Gasteiger partial charge in [-0.1, -0.05) is 36.4 Å². The molecule has 0 aromatic heterocycles. The molecule has 0 saturated heterocycles. The molecule has 7 heteroatoms. The molecule has 1 amide bonds. The van der Waals surface area contributed by atoms with E-state index in [1.54, 1.807) is 36.3 Å². The molecule has 0 fully saturated rings. The summed E-state index contributed by atoms with van der Waals surface area (Å²) >= 11 is 0. The monoisotopic (exact) mass is 418 g/mol. The smallest absolute Gasteiger partial charge is 0.270 e. The summed E-state index contributed by atoms with van der Waals surface area (Å²) in [4.78, 5) is 25.3. The van der Waals surface area contributed by atoms with Gasteiger partial charge in [-0.05, 0) is 41.3 Å². The van der Waals surface area contributed by atoms with Gasteiger partial charge >= 0.3 is 0 Å². The fourth-order valence-corrected chi connectivity index (χ4v) is 3.69. The number of nitro benzene ring substituents is 1. The lowest BCUT2D eigenvalue weighted by Crippen LogP contribution is -2.38. The largest absolute Gasteiger partial charge is 0.497 e. The molecule has 0 aliphatic carbocycles. The molecule has 0 unspecified atom stereocenters. The Balaban J connectivity index is 1.52. The highest BCUT2D eigenvalue weighted by Crippen LogP contribution is 2.34. The molecule has 0 saturated carbocycles. The van der Waals surface area contributed by atoms with E-state index in [0.717, 1.165) is 17.5 Å². The van der Waals surface area contributed by atoms with Crippen LogP contribution in [0.5, 0.6) is 11.5 Å². The van der Waals surface area contributed by atoms with Crippen molar-refractivity contribution in [2.75, 3.05) is 20.3 Å². The van der Waals surface area contributed by atoms with Gasteiger partial charge in [0.15, 0.2) is 6.61 Å². The Labute approximate surface area is 180 Å². The number of ether oxygens (including phenoxy) is 2. The molecule has 0 spiro atoms. The average molecular weight is 418 g/mol. The van der Waals surface area contributed by atoms with E-state index in [4.69, 9.17) is 9.47 Å². The Hall–Kier alpha value is -3.87. The van der Waals surface area contributed by atoms with Crippen molar-refractivity contribution in [3.05, 3.63) is 88.0 Å². The Morgan fingerprint density at radius 3 is 2.52 bits per heavy atom. The summed E-state index contributed by atoms with van der Waals surface area (Å²) in [5.74, 6) is 0.979. The van der Waals surface area contributed by atoms with Gasteiger partial charge < -0.3 is 14.4 Å². The minimum Gasteiger partial charge on any atom is -0.497 e. The average Bonchev–Trinajstić information content (AvgIpc) is 2.82. The summed E-state index contributed by atoms with van der Waals surface area (Å²) in [5, 5.41) is 11.3. The molecule has 4 rings (SSSR count). The van der Waals surface area contributed by atoms with Gasteiger partial charge in [-0.25, -0.2) is 0 Å². The van der Waals surface area contributed by atoms with Crippen molar-refractivity contribution < 1.29 is 19.2 Å². The van der Waals surface area contributed by atoms with E-state index < -0.39 is 4.92 Å². The maximum absolute atomic E-state index is 12.8. The molecule has 0 radical (unpaired) electrons. The molecule has 0 atom stereocenters. The van der Waals surface area contributed by atoms with Crippen LogP contribution >= 0.6 is 0 Å². The van der Waals surface area contributed by atoms with Crippen LogP contribution in [0.3, 0.4) is 0 Å². The van der Waals surface area contributed by atoms with Gasteiger partial charge in [0.05, 0.1) is 12.0 Å². The van der Waals surface area contributed by atoms with Crippen molar-refractivity contribution in [3.63, 3.8) is 0 Å². The van der Waals surface area contributed by atoms with Crippen LogP contribution in [-0.4, -0.2) is 36.0 Å². The zero-order valence-electron chi connectivity index (χ0n) is 17.1. The summed E-state index contributed by atoms with van der Waals surface area (Å²) < 4.78 is 11.0. The first kappa shape index (κ1) is 20.4. The van der Waals surface area contributed by atoms with E-state index in [2.05, 4.69) is 6.07 Å². The minimum atomic E-state index is -0.451. The van der Waals surface area contributed by atoms with E-state index >= 15 is 0 Å². The number of carbonyl (C=O) groups is 1. The third-order valence-corrected chi connectivity index (χ3v) is 5.41. The number of carbonyl (C=O) groups excluding carboxylic acids is 1. The first-order valence-electron chi connectivity index (χ1n) is 9.95. The molecule has 31 heavy (non-hydrogen) atoms. The van der Waals surface area contributed by atoms with Crippen LogP contribution in [0.4, 0.5) is 5.69 Å². The van der Waals surface area contributed by atoms with Crippen molar-refractivity contribution in [1.29, 1.82) is 0 Å². The van der Waals surface area contributed by atoms with Crippen molar-refractivity contribution in [2.45, 2.75) is 13.0 Å². The topological polar surface area (TPSA) is 81.9 Å². The maximum Gasteiger partial charge on any atom is 0.270 e. The molecule has 1 aliphatic heterocycles. The van der Waals surface area contributed by atoms with E-state index in [0.29, 0.717) is 30.2 Å². The van der Waals surface area contributed by atoms with Crippen LogP contribution in [0, 0.1) is 10.1 Å². The molecule has 3 aromatic carbocycles. The Kier molecular flexibility index (Phi) is 5.84. The highest BCUT2D eigenvalue weighted by atomic mass is 16.6. The quantitative estimate of drug-likeness (QED) is 0.442. The fourth-order valence-electron chi connectivity index (χ4n) is 3.69. The van der Waals surface area contributed by atoms with Gasteiger partial charge in [-0.3, -0.25) is 14.9 Å². The zero-order valence-corrected chi connectivity index (χ0v) is 17.1. The summed E-state index contributed by atoms with van der Waals surface area (Å²) in [6, 6.07) is 19.6. The standard InChI is InChI=1S/C24H22N2O5/c1-30-21-9-6-18(7-10-21)22-14-20(26(28)29)8-11-23(22)31-16-24(27)25-13-12-17-4-2-3-5-19(17)15-25/h2-11,14H,12-13,15-16H2,1H3. The number of amides is 1. The first-order chi connectivity index (χ1) is 15.0. The minimum absolute atomic E-state index is 0.0443. The van der Waals surface area contributed by atoms with Crippen molar-refractivity contribution in [2.24, 2.45) is 0 Å². The van der Waals surface area contributed by atoms with Gasteiger partial charge in [0.1, 0.15) is 11.5 Å². The number of methoxy groups -OCH3 is 1. The van der Waals surface area contributed by atoms with E-state index in [9.17, 15) is 14.9 Å². The lowest BCUT2D eigenvalue weighted by atomic mass is 10.00. The Morgan fingerprint density at radius 1 is 1.06 bits per heavy atom. The number of benzene rings is 3. The van der Waals surface area contributed by atoms with Crippen LogP contribution < -0.4 is 9.47 Å². The maximum atomic E-state index is 12.8. The second-order valence-corrected chi connectivity index (χ2v) is 7.29. The molecule has 0 N–H and O–H groups in total. The van der Waals surface area contributed by atoms with Gasteiger partial charge in [-0.2, -0.15) is 0 Å². The van der Waals surface area contributed by atoms with E-state index in [1.165, 1.54) is 23.8 Å². The molecular weight excluding hydrogens is 396 g/mol. The third-order valence-electron chi connectivity index (χ3n) is 5.41. The van der Waals surface area contributed by atoms with Crippen LogP contribution in [-0.2, 0) is 17.8 Å². The number of fused-ring (bicyclic) bond motifs is 1. The SMILES string of the molecule is COc1ccc(-c2cc([N+](=O)[O-])ccc2OCC(=O)N2CCc3ccccc3C2)cc1. The Bertz CT molecular complexity index is 1110. The summed E-state index contributed by atoms with van der Waals surface area (Å²) in [7, 11) is 1.57. The third kappa shape index (κ3) is 4.50. The molecular formula is C24H22N2O5. The fraction of sp³-hybridized carbons (Fsp3) is 0.208.